The van der Waals surface area contributed by atoms with Gasteiger partial charge in [0.05, 0.1) is 6.04 Å². The second-order valence-electron chi connectivity index (χ2n) is 3.86. The molecule has 4 N–H and O–H groups in total. The molecule has 0 radical (unpaired) electrons. The predicted molar refractivity (Wildman–Crippen MR) is 47.6 cm³/mol. The lowest BCUT2D eigenvalue weighted by atomic mass is 10.1. The van der Waals surface area contributed by atoms with Crippen LogP contribution in [0.2, 0.25) is 0 Å². The van der Waals surface area contributed by atoms with Crippen molar-refractivity contribution in [1.82, 2.24) is 5.32 Å². The molecule has 12 heavy (non-hydrogen) atoms. The first-order valence-corrected chi connectivity index (χ1v) is 4.05. The van der Waals surface area contributed by atoms with Crippen molar-refractivity contribution < 1.29 is 9.90 Å². The van der Waals surface area contributed by atoms with Gasteiger partial charge in [0.15, 0.2) is 0 Å². The van der Waals surface area contributed by atoms with Gasteiger partial charge in [-0.1, -0.05) is 0 Å². The Balaban J connectivity index is 3.87. The smallest absolute Gasteiger partial charge is 0.237 e. The minimum absolute atomic E-state index is 0.0568. The average Bonchev–Trinajstić information content (AvgIpc) is 1.84. The van der Waals surface area contributed by atoms with E-state index in [1.54, 1.807) is 0 Å². The third-order valence-electron chi connectivity index (χ3n) is 1.28. The lowest BCUT2D eigenvalue weighted by Crippen LogP contribution is -2.49. The van der Waals surface area contributed by atoms with Gasteiger partial charge in [0, 0.05) is 12.1 Å². The number of hydrogen-bond donors (Lipinski definition) is 3. The van der Waals surface area contributed by atoms with E-state index < -0.39 is 6.04 Å². The normalized spacial score (nSPS) is 14.1. The molecule has 0 spiro atoms. The van der Waals surface area contributed by atoms with Crippen LogP contribution in [-0.4, -0.2) is 29.2 Å². The molecule has 0 heterocycles. The number of carbonyl (C=O) groups excluding carboxylic acids is 1. The highest BCUT2D eigenvalue weighted by Crippen LogP contribution is 1.99. The monoisotopic (exact) mass is 174 g/mol. The molecule has 0 rings (SSSR count). The van der Waals surface area contributed by atoms with Crippen LogP contribution in [0.4, 0.5) is 0 Å². The predicted octanol–water partition coefficient (Wildman–Crippen LogP) is -0.389. The van der Waals surface area contributed by atoms with Gasteiger partial charge in [-0.3, -0.25) is 4.79 Å². The van der Waals surface area contributed by atoms with E-state index in [0.29, 0.717) is 6.42 Å². The maximum Gasteiger partial charge on any atom is 0.237 e. The van der Waals surface area contributed by atoms with Crippen molar-refractivity contribution in [3.05, 3.63) is 0 Å². The first kappa shape index (κ1) is 11.4. The second-order valence-corrected chi connectivity index (χ2v) is 3.86. The van der Waals surface area contributed by atoms with E-state index in [-0.39, 0.29) is 18.1 Å². The van der Waals surface area contributed by atoms with Crippen LogP contribution >= 0.6 is 0 Å². The molecule has 0 saturated carbocycles. The van der Waals surface area contributed by atoms with Crippen molar-refractivity contribution >= 4 is 5.91 Å². The average molecular weight is 174 g/mol. The Kier molecular flexibility index (Phi) is 4.20. The summed E-state index contributed by atoms with van der Waals surface area (Å²) in [5.41, 5.74) is 5.20. The number of rotatable bonds is 3. The lowest BCUT2D eigenvalue weighted by Gasteiger charge is -2.22. The molecule has 0 aromatic heterocycles. The summed E-state index contributed by atoms with van der Waals surface area (Å²) in [6.07, 6.45) is 0.307. The van der Waals surface area contributed by atoms with E-state index in [9.17, 15) is 4.79 Å². The number of nitrogens with one attached hydrogen (secondary N) is 1. The van der Waals surface area contributed by atoms with Crippen molar-refractivity contribution in [1.29, 1.82) is 0 Å². The van der Waals surface area contributed by atoms with Gasteiger partial charge >= 0.3 is 0 Å². The fraction of sp³-hybridized carbons (Fsp3) is 0.875. The quantitative estimate of drug-likeness (QED) is 0.545. The number of carbonyl (C=O) groups is 1. The molecule has 0 bridgehead atoms. The minimum Gasteiger partial charge on any atom is -0.396 e. The summed E-state index contributed by atoms with van der Waals surface area (Å²) in [5.74, 6) is -0.212. The maximum atomic E-state index is 11.2. The third-order valence-corrected chi connectivity index (χ3v) is 1.28. The van der Waals surface area contributed by atoms with Crippen LogP contribution in [0.1, 0.15) is 27.2 Å². The highest BCUT2D eigenvalue weighted by atomic mass is 16.3. The first-order chi connectivity index (χ1) is 5.37. The molecule has 4 nitrogen and oxygen atoms in total. The number of aliphatic hydroxyl groups is 1. The van der Waals surface area contributed by atoms with Crippen LogP contribution in [0, 0.1) is 0 Å². The van der Waals surface area contributed by atoms with Gasteiger partial charge in [0.1, 0.15) is 0 Å². The molecule has 0 fully saturated rings. The molecule has 0 aliphatic rings. The highest BCUT2D eigenvalue weighted by molar-refractivity contribution is 5.82. The zero-order valence-electron chi connectivity index (χ0n) is 7.92. The van der Waals surface area contributed by atoms with Gasteiger partial charge in [-0.05, 0) is 27.2 Å². The zero-order chi connectivity index (χ0) is 9.78. The Labute approximate surface area is 73.1 Å². The molecule has 0 aliphatic heterocycles. The second kappa shape index (κ2) is 4.42. The number of nitrogens with two attached hydrogens (primary N) is 1. The van der Waals surface area contributed by atoms with Crippen molar-refractivity contribution in [2.45, 2.75) is 38.8 Å². The Hall–Kier alpha value is -0.610. The van der Waals surface area contributed by atoms with Crippen molar-refractivity contribution in [3.63, 3.8) is 0 Å². The van der Waals surface area contributed by atoms with Crippen LogP contribution in [0.3, 0.4) is 0 Å². The lowest BCUT2D eigenvalue weighted by molar-refractivity contribution is -0.124. The van der Waals surface area contributed by atoms with Crippen LogP contribution in [0.25, 0.3) is 0 Å². The van der Waals surface area contributed by atoms with Crippen molar-refractivity contribution in [2.24, 2.45) is 5.73 Å². The van der Waals surface area contributed by atoms with E-state index in [1.165, 1.54) is 0 Å². The third kappa shape index (κ3) is 5.09. The number of aliphatic hydroxyl groups excluding tert-OH is 1. The molecule has 1 atom stereocenters. The van der Waals surface area contributed by atoms with E-state index in [0.717, 1.165) is 0 Å². The number of hydrogen-bond acceptors (Lipinski definition) is 3. The summed E-state index contributed by atoms with van der Waals surface area (Å²) in [6, 6.07) is -0.603. The molecule has 72 valence electrons. The first-order valence-electron chi connectivity index (χ1n) is 4.05. The van der Waals surface area contributed by atoms with Crippen molar-refractivity contribution in [2.75, 3.05) is 6.61 Å². The van der Waals surface area contributed by atoms with E-state index in [4.69, 9.17) is 10.8 Å². The van der Waals surface area contributed by atoms with Crippen LogP contribution in [0.15, 0.2) is 0 Å². The van der Waals surface area contributed by atoms with Crippen LogP contribution < -0.4 is 11.1 Å². The molecular weight excluding hydrogens is 156 g/mol. The Morgan fingerprint density at radius 1 is 1.58 bits per heavy atom. The van der Waals surface area contributed by atoms with Gasteiger partial charge < -0.3 is 16.2 Å². The van der Waals surface area contributed by atoms with Gasteiger partial charge in [-0.15, -0.1) is 0 Å². The largest absolute Gasteiger partial charge is 0.396 e. The summed E-state index contributed by atoms with van der Waals surface area (Å²) >= 11 is 0. The molecule has 1 amide bonds. The Morgan fingerprint density at radius 3 is 2.42 bits per heavy atom. The van der Waals surface area contributed by atoms with Crippen molar-refractivity contribution in [3.8, 4) is 0 Å². The van der Waals surface area contributed by atoms with Crippen LogP contribution in [0.5, 0.6) is 0 Å². The number of amides is 1. The topological polar surface area (TPSA) is 75.4 Å². The molecule has 0 aromatic rings. The van der Waals surface area contributed by atoms with Gasteiger partial charge in [0.25, 0.3) is 0 Å². The summed E-state index contributed by atoms with van der Waals surface area (Å²) < 4.78 is 0. The standard InChI is InChI=1S/C8H18N2O2/c1-8(2,3)10-7(12)6(9)4-5-11/h6,11H,4-5,9H2,1-3H3,(H,10,12). The minimum atomic E-state index is -0.603. The molecule has 0 aromatic carbocycles. The fourth-order valence-corrected chi connectivity index (χ4v) is 0.732. The molecule has 4 heteroatoms. The van der Waals surface area contributed by atoms with Gasteiger partial charge in [-0.25, -0.2) is 0 Å². The Bertz CT molecular complexity index is 152. The summed E-state index contributed by atoms with van der Waals surface area (Å²) in [5, 5.41) is 11.3. The van der Waals surface area contributed by atoms with E-state index in [1.807, 2.05) is 20.8 Å². The van der Waals surface area contributed by atoms with Gasteiger partial charge in [-0.2, -0.15) is 0 Å². The van der Waals surface area contributed by atoms with Crippen LogP contribution in [-0.2, 0) is 4.79 Å². The SMILES string of the molecule is CC(C)(C)NC(=O)C(N)CCO. The molecule has 1 unspecified atom stereocenters. The zero-order valence-corrected chi connectivity index (χ0v) is 7.92. The molecular formula is C8H18N2O2. The summed E-state index contributed by atoms with van der Waals surface area (Å²) in [6.45, 7) is 5.60. The maximum absolute atomic E-state index is 11.2. The highest BCUT2D eigenvalue weighted by Gasteiger charge is 2.18. The Morgan fingerprint density at radius 2 is 2.08 bits per heavy atom. The van der Waals surface area contributed by atoms with E-state index >= 15 is 0 Å². The molecule has 0 aliphatic carbocycles. The summed E-state index contributed by atoms with van der Waals surface area (Å²) in [7, 11) is 0. The van der Waals surface area contributed by atoms with Gasteiger partial charge in [0.2, 0.25) is 5.91 Å². The fourth-order valence-electron chi connectivity index (χ4n) is 0.732. The summed E-state index contributed by atoms with van der Waals surface area (Å²) in [4.78, 5) is 11.2. The molecule has 0 saturated heterocycles. The van der Waals surface area contributed by atoms with E-state index in [2.05, 4.69) is 5.32 Å².